The van der Waals surface area contributed by atoms with Crippen molar-refractivity contribution in [2.75, 3.05) is 5.75 Å². The Bertz CT molecular complexity index is 153. The fraction of sp³-hybridized carbons (Fsp3) is 1.00. The van der Waals surface area contributed by atoms with Gasteiger partial charge in [0.2, 0.25) is 0 Å². The summed E-state index contributed by atoms with van der Waals surface area (Å²) in [6.07, 6.45) is 2.70. The summed E-state index contributed by atoms with van der Waals surface area (Å²) >= 11 is 4.17. The van der Waals surface area contributed by atoms with Crippen molar-refractivity contribution in [1.29, 1.82) is 0 Å². The molecule has 0 fully saturated rings. The zero-order valence-electron chi connectivity index (χ0n) is 6.46. The molecule has 5 heteroatoms. The molecule has 0 saturated heterocycles. The van der Waals surface area contributed by atoms with Gasteiger partial charge in [-0.15, -0.1) is 0 Å². The summed E-state index contributed by atoms with van der Waals surface area (Å²) < 4.78 is 20.6. The predicted molar refractivity (Wildman–Crippen MR) is 40.7 cm³/mol. The van der Waals surface area contributed by atoms with Crippen LogP contribution in [-0.2, 0) is 20.0 Å². The van der Waals surface area contributed by atoms with Crippen molar-refractivity contribution < 1.29 is 38.3 Å². The molecule has 0 aromatic rings. The van der Waals surface area contributed by atoms with Gasteiger partial charge >= 0.3 is 29.6 Å². The molecule has 0 heterocycles. The maximum absolute atomic E-state index is 10.3. The molecule has 0 aromatic carbocycles. The van der Waals surface area contributed by atoms with Crippen molar-refractivity contribution in [1.82, 2.24) is 0 Å². The van der Waals surface area contributed by atoms with Crippen LogP contribution in [0.15, 0.2) is 0 Å². The number of unbranched alkanes of at least 4 members (excludes halogenated alkanes) is 2. The van der Waals surface area contributed by atoms with Gasteiger partial charge in [0.25, 0.3) is 0 Å². The minimum absolute atomic E-state index is 0. The van der Waals surface area contributed by atoms with Crippen molar-refractivity contribution in [3.8, 4) is 0 Å². The molecule has 1 unspecified atom stereocenters. The first-order valence-corrected chi connectivity index (χ1v) is 5.57. The molecule has 0 saturated carbocycles. The summed E-state index contributed by atoms with van der Waals surface area (Å²) in [5.74, 6) is 0.163. The molecule has 0 aliphatic heterocycles. The zero-order valence-corrected chi connectivity index (χ0v) is 10.1. The molecule has 0 amide bonds. The fourth-order valence-electron chi connectivity index (χ4n) is 0.529. The quantitative estimate of drug-likeness (QED) is 0.382. The van der Waals surface area contributed by atoms with Gasteiger partial charge in [-0.25, -0.2) is 0 Å². The van der Waals surface area contributed by atoms with Crippen molar-refractivity contribution in [3.05, 3.63) is 0 Å². The topological polar surface area (TPSA) is 40.1 Å². The number of hydrogen-bond acceptors (Lipinski definition) is 3. The van der Waals surface area contributed by atoms with E-state index in [1.807, 2.05) is 6.92 Å². The molecule has 0 aliphatic carbocycles. The smallest absolute Gasteiger partial charge is 0.769 e. The van der Waals surface area contributed by atoms with E-state index in [-0.39, 0.29) is 35.3 Å². The summed E-state index contributed by atoms with van der Waals surface area (Å²) in [5.41, 5.74) is 0. The van der Waals surface area contributed by atoms with Gasteiger partial charge in [-0.05, 0) is 26.4 Å². The first kappa shape index (κ1) is 13.9. The van der Waals surface area contributed by atoms with Crippen LogP contribution in [0.25, 0.3) is 0 Å². The molecule has 10 heavy (non-hydrogen) atoms. The van der Waals surface area contributed by atoms with Gasteiger partial charge in [-0.1, -0.05) is 19.8 Å². The summed E-state index contributed by atoms with van der Waals surface area (Å²) in [6.45, 7) is 2.02. The first-order chi connectivity index (χ1) is 4.06. The van der Waals surface area contributed by atoms with Gasteiger partial charge in [0.05, 0.1) is 0 Å². The Hall–Kier alpha value is 1.33. The Balaban J connectivity index is 0. The van der Waals surface area contributed by atoms with Crippen LogP contribution >= 0.6 is 0 Å². The van der Waals surface area contributed by atoms with Crippen LogP contribution < -0.4 is 29.6 Å². The largest absolute Gasteiger partial charge is 1.00 e. The van der Waals surface area contributed by atoms with Gasteiger partial charge in [-0.3, -0.25) is 4.21 Å². The molecule has 0 spiro atoms. The van der Waals surface area contributed by atoms with Crippen LogP contribution in [0.5, 0.6) is 0 Å². The van der Waals surface area contributed by atoms with E-state index in [1.165, 1.54) is 0 Å². The Morgan fingerprint density at radius 3 is 2.30 bits per heavy atom. The van der Waals surface area contributed by atoms with E-state index < -0.39 is 8.77 Å². The third-order valence-electron chi connectivity index (χ3n) is 0.998. The fourth-order valence-corrected chi connectivity index (χ4v) is 1.44. The van der Waals surface area contributed by atoms with Crippen LogP contribution in [-0.4, -0.2) is 14.5 Å². The Labute approximate surface area is 89.6 Å². The van der Waals surface area contributed by atoms with Crippen molar-refractivity contribution >= 4 is 20.0 Å². The Morgan fingerprint density at radius 2 is 2.00 bits per heavy atom. The average Bonchev–Trinajstić information content (AvgIpc) is 1.63. The van der Waals surface area contributed by atoms with Gasteiger partial charge in [-0.2, -0.15) is 0 Å². The van der Waals surface area contributed by atoms with E-state index >= 15 is 0 Å². The van der Waals surface area contributed by atoms with Crippen molar-refractivity contribution in [2.45, 2.75) is 26.2 Å². The number of hydrogen-bond donors (Lipinski definition) is 0. The normalized spacial score (nSPS) is 15.4. The second-order valence-electron chi connectivity index (χ2n) is 1.97. The Kier molecular flexibility index (Phi) is 9.73. The molecular weight excluding hydrogens is 179 g/mol. The van der Waals surface area contributed by atoms with E-state index in [1.54, 1.807) is 0 Å². The summed E-state index contributed by atoms with van der Waals surface area (Å²) in [4.78, 5) is 0. The van der Waals surface area contributed by atoms with Crippen LogP contribution in [0.4, 0.5) is 0 Å². The summed E-state index contributed by atoms with van der Waals surface area (Å²) in [5, 5.41) is 0. The van der Waals surface area contributed by atoms with E-state index in [9.17, 15) is 8.76 Å². The van der Waals surface area contributed by atoms with Crippen LogP contribution in [0, 0.1) is 0 Å². The van der Waals surface area contributed by atoms with Crippen molar-refractivity contribution in [3.63, 3.8) is 0 Å². The second kappa shape index (κ2) is 7.00. The maximum Gasteiger partial charge on any atom is 1.00 e. The third kappa shape index (κ3) is 12.0. The summed E-state index contributed by atoms with van der Waals surface area (Å²) in [6, 6.07) is 0. The minimum Gasteiger partial charge on any atom is -0.769 e. The van der Waals surface area contributed by atoms with Gasteiger partial charge in [0.15, 0.2) is 0 Å². The zero-order chi connectivity index (χ0) is 7.33. The van der Waals surface area contributed by atoms with Gasteiger partial charge in [0.1, 0.15) is 0 Å². The molecule has 0 radical (unpaired) electrons. The molecule has 0 bridgehead atoms. The third-order valence-corrected chi connectivity index (χ3v) is 2.29. The molecule has 1 atom stereocenters. The van der Waals surface area contributed by atoms with Crippen molar-refractivity contribution in [2.24, 2.45) is 0 Å². The predicted octanol–water partition coefficient (Wildman–Crippen LogP) is -1.94. The van der Waals surface area contributed by atoms with E-state index in [2.05, 4.69) is 11.2 Å². The van der Waals surface area contributed by atoms with E-state index in [0.717, 1.165) is 12.8 Å². The molecule has 56 valence electrons. The van der Waals surface area contributed by atoms with Crippen LogP contribution in [0.3, 0.4) is 0 Å². The maximum atomic E-state index is 10.3. The van der Waals surface area contributed by atoms with Gasteiger partial charge < -0.3 is 4.55 Å². The molecular formula is C5H11NaO2S2. The van der Waals surface area contributed by atoms with Crippen LogP contribution in [0.2, 0.25) is 0 Å². The minimum atomic E-state index is -3.11. The van der Waals surface area contributed by atoms with Crippen LogP contribution in [0.1, 0.15) is 26.2 Å². The van der Waals surface area contributed by atoms with E-state index in [4.69, 9.17) is 0 Å². The van der Waals surface area contributed by atoms with Gasteiger partial charge in [0, 0.05) is 5.75 Å². The van der Waals surface area contributed by atoms with E-state index in [0.29, 0.717) is 6.42 Å². The molecule has 0 rings (SSSR count). The number of rotatable bonds is 4. The SMILES string of the molecule is CCCCCS(=O)([O-])=S.[Na+]. The molecule has 0 aliphatic rings. The molecule has 0 aromatic heterocycles. The molecule has 0 N–H and O–H groups in total. The first-order valence-electron chi connectivity index (χ1n) is 3.00. The standard InChI is InChI=1S/C5H12O2S2.Na/c1-2-3-4-5-9(6,7)8;/h2-5H2,1H3,(H,6,7,8);/q;+1/p-1. The summed E-state index contributed by atoms with van der Waals surface area (Å²) in [7, 11) is -3.11. The average molecular weight is 190 g/mol. The molecule has 2 nitrogen and oxygen atoms in total. The monoisotopic (exact) mass is 190 g/mol. The Morgan fingerprint density at radius 1 is 1.50 bits per heavy atom. The second-order valence-corrected chi connectivity index (χ2v) is 5.02.